The highest BCUT2D eigenvalue weighted by molar-refractivity contribution is 7.15. The minimum Gasteiger partial charge on any atom is -0.298 e. The number of anilines is 1. The molecule has 3 aromatic rings. The van der Waals surface area contributed by atoms with E-state index < -0.39 is 0 Å². The average Bonchev–Trinajstić information content (AvgIpc) is 2.95. The van der Waals surface area contributed by atoms with Gasteiger partial charge in [0.1, 0.15) is 5.82 Å². The zero-order chi connectivity index (χ0) is 16.2. The third-order valence-corrected chi connectivity index (χ3v) is 4.08. The maximum atomic E-state index is 13.7. The Morgan fingerprint density at radius 2 is 2.09 bits per heavy atom. The molecular formula is C17H14FN3OS. The van der Waals surface area contributed by atoms with Gasteiger partial charge >= 0.3 is 0 Å². The van der Waals surface area contributed by atoms with Gasteiger partial charge in [-0.3, -0.25) is 15.1 Å². The summed E-state index contributed by atoms with van der Waals surface area (Å²) in [6, 6.07) is 9.84. The first-order chi connectivity index (χ1) is 11.1. The van der Waals surface area contributed by atoms with Gasteiger partial charge in [0.2, 0.25) is 0 Å². The topological polar surface area (TPSA) is 54.9 Å². The summed E-state index contributed by atoms with van der Waals surface area (Å²) in [6.07, 6.45) is 3.60. The van der Waals surface area contributed by atoms with Gasteiger partial charge in [-0.1, -0.05) is 18.2 Å². The highest BCUT2D eigenvalue weighted by Gasteiger charge is 2.10. The molecule has 0 fully saturated rings. The summed E-state index contributed by atoms with van der Waals surface area (Å²) in [6.45, 7) is 1.92. The van der Waals surface area contributed by atoms with Crippen molar-refractivity contribution in [3.63, 3.8) is 0 Å². The Kier molecular flexibility index (Phi) is 4.43. The number of pyridine rings is 1. The monoisotopic (exact) mass is 327 g/mol. The van der Waals surface area contributed by atoms with Gasteiger partial charge in [-0.05, 0) is 30.7 Å². The number of hydrogen-bond acceptors (Lipinski definition) is 4. The quantitative estimate of drug-likeness (QED) is 0.792. The number of hydrogen-bond donors (Lipinski definition) is 1. The molecule has 0 aliphatic rings. The van der Waals surface area contributed by atoms with E-state index in [-0.39, 0.29) is 11.7 Å². The van der Waals surface area contributed by atoms with Crippen LogP contribution in [0.15, 0.2) is 48.8 Å². The number of nitrogens with zero attached hydrogens (tertiary/aromatic N) is 2. The summed E-state index contributed by atoms with van der Waals surface area (Å²) < 4.78 is 13.7. The van der Waals surface area contributed by atoms with Crippen LogP contribution in [0.2, 0.25) is 0 Å². The van der Waals surface area contributed by atoms with Crippen molar-refractivity contribution >= 4 is 22.4 Å². The summed E-state index contributed by atoms with van der Waals surface area (Å²) in [5.41, 5.74) is 1.66. The second-order valence-corrected chi connectivity index (χ2v) is 6.27. The SMILES string of the molecule is Cc1cnc(NC(=O)c2ccnc(Cc3ccccc3F)c2)s1. The summed E-state index contributed by atoms with van der Waals surface area (Å²) in [4.78, 5) is 21.6. The summed E-state index contributed by atoms with van der Waals surface area (Å²) in [5, 5.41) is 3.30. The lowest BCUT2D eigenvalue weighted by Crippen LogP contribution is -2.12. The van der Waals surface area contributed by atoms with Gasteiger partial charge in [0.25, 0.3) is 5.91 Å². The zero-order valence-electron chi connectivity index (χ0n) is 12.4. The van der Waals surface area contributed by atoms with Gasteiger partial charge in [-0.25, -0.2) is 9.37 Å². The van der Waals surface area contributed by atoms with Crippen molar-refractivity contribution in [2.45, 2.75) is 13.3 Å². The van der Waals surface area contributed by atoms with Crippen LogP contribution in [0, 0.1) is 12.7 Å². The van der Waals surface area contributed by atoms with Crippen LogP contribution in [0.1, 0.15) is 26.5 Å². The zero-order valence-corrected chi connectivity index (χ0v) is 13.2. The van der Waals surface area contributed by atoms with Crippen LogP contribution >= 0.6 is 11.3 Å². The fourth-order valence-electron chi connectivity index (χ4n) is 2.13. The van der Waals surface area contributed by atoms with Gasteiger partial charge in [-0.2, -0.15) is 0 Å². The highest BCUT2D eigenvalue weighted by atomic mass is 32.1. The van der Waals surface area contributed by atoms with Crippen LogP contribution in [0.3, 0.4) is 0 Å². The van der Waals surface area contributed by atoms with Crippen molar-refractivity contribution in [2.24, 2.45) is 0 Å². The number of halogens is 1. The molecule has 0 bridgehead atoms. The molecule has 1 N–H and O–H groups in total. The molecule has 23 heavy (non-hydrogen) atoms. The van der Waals surface area contributed by atoms with E-state index in [4.69, 9.17) is 0 Å². The Bertz CT molecular complexity index is 847. The van der Waals surface area contributed by atoms with E-state index in [2.05, 4.69) is 15.3 Å². The molecule has 0 radical (unpaired) electrons. The van der Waals surface area contributed by atoms with Crippen LogP contribution in [-0.4, -0.2) is 15.9 Å². The molecule has 0 saturated heterocycles. The van der Waals surface area contributed by atoms with Gasteiger partial charge < -0.3 is 0 Å². The lowest BCUT2D eigenvalue weighted by Gasteiger charge is -2.05. The molecule has 1 aromatic carbocycles. The molecule has 116 valence electrons. The van der Waals surface area contributed by atoms with Crippen LogP contribution in [-0.2, 0) is 6.42 Å². The minimum atomic E-state index is -0.276. The first kappa shape index (κ1) is 15.3. The summed E-state index contributed by atoms with van der Waals surface area (Å²) >= 11 is 1.41. The van der Waals surface area contributed by atoms with Gasteiger partial charge in [0, 0.05) is 34.9 Å². The van der Waals surface area contributed by atoms with E-state index >= 15 is 0 Å². The van der Waals surface area contributed by atoms with Crippen molar-refractivity contribution in [3.05, 3.63) is 76.3 Å². The maximum absolute atomic E-state index is 13.7. The van der Waals surface area contributed by atoms with E-state index in [1.54, 1.807) is 42.7 Å². The predicted molar refractivity (Wildman–Crippen MR) is 88.2 cm³/mol. The van der Waals surface area contributed by atoms with E-state index in [9.17, 15) is 9.18 Å². The Balaban J connectivity index is 1.77. The van der Waals surface area contributed by atoms with Crippen molar-refractivity contribution in [1.29, 1.82) is 0 Å². The number of carbonyl (C=O) groups excluding carboxylic acids is 1. The number of carbonyl (C=O) groups is 1. The second-order valence-electron chi connectivity index (χ2n) is 5.03. The first-order valence-corrected chi connectivity index (χ1v) is 7.85. The molecular weight excluding hydrogens is 313 g/mol. The molecule has 0 saturated carbocycles. The smallest absolute Gasteiger partial charge is 0.257 e. The third kappa shape index (κ3) is 3.78. The molecule has 3 rings (SSSR count). The number of rotatable bonds is 4. The highest BCUT2D eigenvalue weighted by Crippen LogP contribution is 2.18. The van der Waals surface area contributed by atoms with Crippen molar-refractivity contribution < 1.29 is 9.18 Å². The van der Waals surface area contributed by atoms with Crippen LogP contribution in [0.4, 0.5) is 9.52 Å². The molecule has 0 atom stereocenters. The number of aryl methyl sites for hydroxylation is 1. The molecule has 6 heteroatoms. The Morgan fingerprint density at radius 3 is 2.83 bits per heavy atom. The van der Waals surface area contributed by atoms with Crippen LogP contribution in [0.25, 0.3) is 0 Å². The fraction of sp³-hybridized carbons (Fsp3) is 0.118. The van der Waals surface area contributed by atoms with Crippen LogP contribution in [0.5, 0.6) is 0 Å². The predicted octanol–water partition coefficient (Wildman–Crippen LogP) is 3.83. The number of nitrogens with one attached hydrogen (secondary N) is 1. The van der Waals surface area contributed by atoms with Gasteiger partial charge in [0.15, 0.2) is 5.13 Å². The van der Waals surface area contributed by atoms with E-state index in [1.807, 2.05) is 6.92 Å². The fourth-order valence-corrected chi connectivity index (χ4v) is 2.79. The number of amides is 1. The normalized spacial score (nSPS) is 10.5. The number of benzene rings is 1. The largest absolute Gasteiger partial charge is 0.298 e. The maximum Gasteiger partial charge on any atom is 0.257 e. The van der Waals surface area contributed by atoms with Crippen molar-refractivity contribution in [1.82, 2.24) is 9.97 Å². The minimum absolute atomic E-state index is 0.253. The Labute approximate surface area is 137 Å². The lowest BCUT2D eigenvalue weighted by molar-refractivity contribution is 0.102. The molecule has 2 heterocycles. The standard InChI is InChI=1S/C17H14FN3OS/c1-11-10-20-17(23-11)21-16(22)13-6-7-19-14(9-13)8-12-4-2-3-5-15(12)18/h2-7,9-10H,8H2,1H3,(H,20,21,22). The summed E-state index contributed by atoms with van der Waals surface area (Å²) in [5.74, 6) is -0.529. The lowest BCUT2D eigenvalue weighted by atomic mass is 10.1. The van der Waals surface area contributed by atoms with Crippen molar-refractivity contribution in [3.8, 4) is 0 Å². The van der Waals surface area contributed by atoms with Crippen LogP contribution < -0.4 is 5.32 Å². The average molecular weight is 327 g/mol. The third-order valence-electron chi connectivity index (χ3n) is 3.25. The van der Waals surface area contributed by atoms with Gasteiger partial charge in [-0.15, -0.1) is 11.3 Å². The molecule has 0 spiro atoms. The Morgan fingerprint density at radius 1 is 1.26 bits per heavy atom. The Hall–Kier alpha value is -2.60. The second kappa shape index (κ2) is 6.66. The molecule has 4 nitrogen and oxygen atoms in total. The van der Waals surface area contributed by atoms with E-state index in [0.717, 1.165) is 4.88 Å². The van der Waals surface area contributed by atoms with E-state index in [0.29, 0.717) is 28.4 Å². The summed E-state index contributed by atoms with van der Waals surface area (Å²) in [7, 11) is 0. The molecule has 0 unspecified atom stereocenters. The molecule has 1 amide bonds. The van der Waals surface area contributed by atoms with E-state index in [1.165, 1.54) is 17.4 Å². The number of thiazole rings is 1. The van der Waals surface area contributed by atoms with Crippen molar-refractivity contribution in [2.75, 3.05) is 5.32 Å². The molecule has 2 aromatic heterocycles. The number of aromatic nitrogens is 2. The first-order valence-electron chi connectivity index (χ1n) is 7.04. The van der Waals surface area contributed by atoms with Gasteiger partial charge in [0.05, 0.1) is 0 Å². The molecule has 0 aliphatic carbocycles. The molecule has 0 aliphatic heterocycles.